The van der Waals surface area contributed by atoms with E-state index in [2.05, 4.69) is 40.8 Å². The zero-order valence-electron chi connectivity index (χ0n) is 11.2. The zero-order chi connectivity index (χ0) is 12.4. The van der Waals surface area contributed by atoms with Crippen LogP contribution in [0.2, 0.25) is 0 Å². The zero-order valence-corrected chi connectivity index (χ0v) is 11.2. The van der Waals surface area contributed by atoms with Gasteiger partial charge in [0, 0.05) is 25.3 Å². The maximum Gasteiger partial charge on any atom is 0.0419 e. The summed E-state index contributed by atoms with van der Waals surface area (Å²) < 4.78 is 0. The average Bonchev–Trinajstić information content (AvgIpc) is 2.98. The first-order valence-corrected chi connectivity index (χ1v) is 7.07. The molecule has 18 heavy (non-hydrogen) atoms. The number of likely N-dealkylation sites (tertiary alicyclic amines) is 1. The summed E-state index contributed by atoms with van der Waals surface area (Å²) in [6, 6.07) is 6.67. The van der Waals surface area contributed by atoms with Crippen LogP contribution < -0.4 is 10.6 Å². The molecular formula is C15H23N3. The fourth-order valence-electron chi connectivity index (χ4n) is 3.16. The Morgan fingerprint density at radius 2 is 2.39 bits per heavy atom. The highest BCUT2D eigenvalue weighted by atomic mass is 15.1. The van der Waals surface area contributed by atoms with Gasteiger partial charge in [0.1, 0.15) is 0 Å². The average molecular weight is 245 g/mol. The highest BCUT2D eigenvalue weighted by Gasteiger charge is 2.19. The van der Waals surface area contributed by atoms with E-state index in [0.717, 1.165) is 25.6 Å². The standard InChI is InChI=1S/C15H23N3/c1-18-8-6-12(11-18)9-16-10-14-4-2-3-13-5-7-17-15(13)14/h2-4,12,16-17H,5-11H2,1H3. The summed E-state index contributed by atoms with van der Waals surface area (Å²) in [6.07, 6.45) is 2.52. The smallest absolute Gasteiger partial charge is 0.0419 e. The van der Waals surface area contributed by atoms with Crippen molar-refractivity contribution >= 4 is 5.69 Å². The second kappa shape index (κ2) is 5.29. The van der Waals surface area contributed by atoms with Crippen molar-refractivity contribution in [3.63, 3.8) is 0 Å². The third kappa shape index (κ3) is 2.52. The Morgan fingerprint density at radius 1 is 1.44 bits per heavy atom. The van der Waals surface area contributed by atoms with E-state index < -0.39 is 0 Å². The van der Waals surface area contributed by atoms with Crippen LogP contribution in [0.3, 0.4) is 0 Å². The minimum atomic E-state index is 0.833. The molecule has 1 fully saturated rings. The van der Waals surface area contributed by atoms with Gasteiger partial charge in [0.2, 0.25) is 0 Å². The molecule has 0 radical (unpaired) electrons. The molecule has 0 saturated carbocycles. The number of nitrogens with one attached hydrogen (secondary N) is 2. The number of para-hydroxylation sites is 1. The van der Waals surface area contributed by atoms with Crippen molar-refractivity contribution < 1.29 is 0 Å². The predicted molar refractivity (Wildman–Crippen MR) is 75.9 cm³/mol. The third-order valence-electron chi connectivity index (χ3n) is 4.17. The van der Waals surface area contributed by atoms with Crippen LogP contribution in [0.5, 0.6) is 0 Å². The molecule has 1 saturated heterocycles. The normalized spacial score (nSPS) is 23.1. The van der Waals surface area contributed by atoms with Gasteiger partial charge >= 0.3 is 0 Å². The van der Waals surface area contributed by atoms with Crippen LogP contribution in [0.4, 0.5) is 5.69 Å². The fraction of sp³-hybridized carbons (Fsp3) is 0.600. The Morgan fingerprint density at radius 3 is 3.22 bits per heavy atom. The number of benzene rings is 1. The Labute approximate surface area is 110 Å². The van der Waals surface area contributed by atoms with Gasteiger partial charge in [-0.1, -0.05) is 18.2 Å². The maximum atomic E-state index is 3.63. The maximum absolute atomic E-state index is 3.63. The van der Waals surface area contributed by atoms with Crippen LogP contribution in [-0.4, -0.2) is 38.1 Å². The van der Waals surface area contributed by atoms with E-state index in [1.807, 2.05) is 0 Å². The Balaban J connectivity index is 1.53. The molecule has 3 nitrogen and oxygen atoms in total. The molecule has 1 aromatic rings. The summed E-state index contributed by atoms with van der Waals surface area (Å²) >= 11 is 0. The molecule has 3 heteroatoms. The molecule has 3 rings (SSSR count). The van der Waals surface area contributed by atoms with Crippen LogP contribution >= 0.6 is 0 Å². The SMILES string of the molecule is CN1CCC(CNCc2cccc3c2NCC3)C1. The Hall–Kier alpha value is -1.06. The van der Waals surface area contributed by atoms with Crippen LogP contribution in [0.15, 0.2) is 18.2 Å². The Bertz CT molecular complexity index is 416. The van der Waals surface area contributed by atoms with Gasteiger partial charge in [0.05, 0.1) is 0 Å². The lowest BCUT2D eigenvalue weighted by Gasteiger charge is -2.13. The largest absolute Gasteiger partial charge is 0.384 e. The van der Waals surface area contributed by atoms with Crippen molar-refractivity contribution in [2.45, 2.75) is 19.4 Å². The van der Waals surface area contributed by atoms with Gasteiger partial charge in [-0.15, -0.1) is 0 Å². The monoisotopic (exact) mass is 245 g/mol. The number of fused-ring (bicyclic) bond motifs is 1. The summed E-state index contributed by atoms with van der Waals surface area (Å²) in [5.41, 5.74) is 4.29. The van der Waals surface area contributed by atoms with Crippen molar-refractivity contribution in [2.75, 3.05) is 38.5 Å². The summed E-state index contributed by atoms with van der Waals surface area (Å²) in [5, 5.41) is 7.13. The number of hydrogen-bond donors (Lipinski definition) is 2. The van der Waals surface area contributed by atoms with Crippen molar-refractivity contribution in [3.05, 3.63) is 29.3 Å². The first-order valence-electron chi connectivity index (χ1n) is 7.07. The van der Waals surface area contributed by atoms with E-state index in [-0.39, 0.29) is 0 Å². The van der Waals surface area contributed by atoms with E-state index in [9.17, 15) is 0 Å². The lowest BCUT2D eigenvalue weighted by atomic mass is 10.1. The van der Waals surface area contributed by atoms with E-state index in [1.165, 1.54) is 42.7 Å². The number of nitrogens with zero attached hydrogens (tertiary/aromatic N) is 1. The van der Waals surface area contributed by atoms with Gasteiger partial charge in [-0.05, 0) is 50.0 Å². The minimum Gasteiger partial charge on any atom is -0.384 e. The van der Waals surface area contributed by atoms with Crippen molar-refractivity contribution in [1.29, 1.82) is 0 Å². The van der Waals surface area contributed by atoms with E-state index >= 15 is 0 Å². The molecule has 2 aliphatic heterocycles. The van der Waals surface area contributed by atoms with Crippen molar-refractivity contribution in [3.8, 4) is 0 Å². The number of anilines is 1. The third-order valence-corrected chi connectivity index (χ3v) is 4.17. The predicted octanol–water partition coefficient (Wildman–Crippen LogP) is 1.70. The summed E-state index contributed by atoms with van der Waals surface area (Å²) in [5.74, 6) is 0.833. The van der Waals surface area contributed by atoms with Crippen LogP contribution in [0.25, 0.3) is 0 Å². The quantitative estimate of drug-likeness (QED) is 0.845. The molecule has 1 unspecified atom stereocenters. The molecule has 0 aliphatic carbocycles. The van der Waals surface area contributed by atoms with Gasteiger partial charge in [-0.2, -0.15) is 0 Å². The van der Waals surface area contributed by atoms with Gasteiger partial charge < -0.3 is 15.5 Å². The fourth-order valence-corrected chi connectivity index (χ4v) is 3.16. The minimum absolute atomic E-state index is 0.833. The first kappa shape index (κ1) is 12.0. The lowest BCUT2D eigenvalue weighted by molar-refractivity contribution is 0.388. The van der Waals surface area contributed by atoms with E-state index in [4.69, 9.17) is 0 Å². The van der Waals surface area contributed by atoms with Gasteiger partial charge in [0.15, 0.2) is 0 Å². The molecule has 0 amide bonds. The molecule has 1 aromatic carbocycles. The molecule has 98 valence electrons. The lowest BCUT2D eigenvalue weighted by Crippen LogP contribution is -2.25. The molecule has 0 spiro atoms. The van der Waals surface area contributed by atoms with E-state index in [1.54, 1.807) is 0 Å². The number of rotatable bonds is 4. The molecule has 0 bridgehead atoms. The first-order chi connectivity index (χ1) is 8.83. The molecule has 1 atom stereocenters. The highest BCUT2D eigenvalue weighted by Crippen LogP contribution is 2.26. The number of hydrogen-bond acceptors (Lipinski definition) is 3. The molecule has 2 aliphatic rings. The van der Waals surface area contributed by atoms with Gasteiger partial charge in [-0.3, -0.25) is 0 Å². The molecule has 2 N–H and O–H groups in total. The molecule has 2 heterocycles. The molecule has 0 aromatic heterocycles. The van der Waals surface area contributed by atoms with Gasteiger partial charge in [0.25, 0.3) is 0 Å². The summed E-state index contributed by atoms with van der Waals surface area (Å²) in [7, 11) is 2.22. The van der Waals surface area contributed by atoms with Crippen molar-refractivity contribution in [1.82, 2.24) is 10.2 Å². The highest BCUT2D eigenvalue weighted by molar-refractivity contribution is 5.61. The summed E-state index contributed by atoms with van der Waals surface area (Å²) in [6.45, 7) is 5.75. The second-order valence-corrected chi connectivity index (χ2v) is 5.68. The Kier molecular flexibility index (Phi) is 3.52. The van der Waals surface area contributed by atoms with E-state index in [0.29, 0.717) is 0 Å². The van der Waals surface area contributed by atoms with Crippen LogP contribution in [0, 0.1) is 5.92 Å². The van der Waals surface area contributed by atoms with Crippen molar-refractivity contribution in [2.24, 2.45) is 5.92 Å². The summed E-state index contributed by atoms with van der Waals surface area (Å²) in [4.78, 5) is 2.42. The molecular weight excluding hydrogens is 222 g/mol. The second-order valence-electron chi connectivity index (χ2n) is 5.68. The van der Waals surface area contributed by atoms with Crippen LogP contribution in [-0.2, 0) is 13.0 Å². The topological polar surface area (TPSA) is 27.3 Å². The van der Waals surface area contributed by atoms with Gasteiger partial charge in [-0.25, -0.2) is 0 Å². The van der Waals surface area contributed by atoms with Crippen LogP contribution in [0.1, 0.15) is 17.5 Å².